The lowest BCUT2D eigenvalue weighted by Gasteiger charge is -2.09. The van der Waals surface area contributed by atoms with Gasteiger partial charge in [0.15, 0.2) is 5.75 Å². The van der Waals surface area contributed by atoms with Gasteiger partial charge in [0.1, 0.15) is 0 Å². The minimum absolute atomic E-state index is 0.106. The molecule has 0 aliphatic heterocycles. The van der Waals surface area contributed by atoms with Gasteiger partial charge in [-0.25, -0.2) is 0 Å². The van der Waals surface area contributed by atoms with E-state index in [9.17, 15) is 18.0 Å². The molecule has 0 fully saturated rings. The van der Waals surface area contributed by atoms with Gasteiger partial charge < -0.3 is 4.84 Å². The fourth-order valence-electron chi connectivity index (χ4n) is 0.887. The first-order valence-corrected chi connectivity index (χ1v) is 4.20. The van der Waals surface area contributed by atoms with E-state index >= 15 is 0 Å². The topological polar surface area (TPSA) is 38.3 Å². The van der Waals surface area contributed by atoms with Crippen molar-refractivity contribution in [3.05, 3.63) is 42.5 Å². The summed E-state index contributed by atoms with van der Waals surface area (Å²) in [5.74, 6) is -0.748. The highest BCUT2D eigenvalue weighted by atomic mass is 19.4. The van der Waals surface area contributed by atoms with Gasteiger partial charge in [-0.05, 0) is 24.3 Å². The van der Waals surface area contributed by atoms with Gasteiger partial charge >= 0.3 is 6.18 Å². The van der Waals surface area contributed by atoms with Crippen molar-refractivity contribution in [3.8, 4) is 5.75 Å². The highest BCUT2D eigenvalue weighted by Crippen LogP contribution is 2.30. The molecule has 1 rings (SSSR count). The van der Waals surface area contributed by atoms with Gasteiger partial charge in [0, 0.05) is 0 Å². The van der Waals surface area contributed by atoms with Gasteiger partial charge in [-0.2, -0.15) is 18.7 Å². The molecule has 0 bridgehead atoms. The molecule has 1 aromatic carbocycles. The number of hydroxylamine groups is 1. The Morgan fingerprint density at radius 1 is 1.44 bits per heavy atom. The van der Waals surface area contributed by atoms with Crippen LogP contribution in [0.5, 0.6) is 5.75 Å². The summed E-state index contributed by atoms with van der Waals surface area (Å²) in [7, 11) is 0. The number of benzene rings is 1. The fourth-order valence-corrected chi connectivity index (χ4v) is 0.887. The lowest BCUT2D eigenvalue weighted by atomic mass is 10.2. The van der Waals surface area contributed by atoms with Gasteiger partial charge in [0.05, 0.1) is 5.56 Å². The number of hydrogen-bond acceptors (Lipinski definition) is 2. The van der Waals surface area contributed by atoms with Crippen molar-refractivity contribution in [1.82, 2.24) is 5.48 Å². The third-order valence-corrected chi connectivity index (χ3v) is 1.62. The Hall–Kier alpha value is -1.98. The predicted molar refractivity (Wildman–Crippen MR) is 50.4 cm³/mol. The first kappa shape index (κ1) is 12.1. The fraction of sp³-hybridized carbons (Fsp3) is 0.100. The van der Waals surface area contributed by atoms with Gasteiger partial charge in [0.2, 0.25) is 0 Å². The van der Waals surface area contributed by atoms with Crippen molar-refractivity contribution in [2.24, 2.45) is 0 Å². The number of carbonyl (C=O) groups is 1. The summed E-state index contributed by atoms with van der Waals surface area (Å²) < 4.78 is 36.8. The quantitative estimate of drug-likeness (QED) is 0.640. The van der Waals surface area contributed by atoms with E-state index in [4.69, 9.17) is 0 Å². The van der Waals surface area contributed by atoms with Crippen LogP contribution in [0.1, 0.15) is 5.56 Å². The van der Waals surface area contributed by atoms with E-state index in [1.807, 2.05) is 5.48 Å². The van der Waals surface area contributed by atoms with Crippen LogP contribution in [0.15, 0.2) is 36.9 Å². The van der Waals surface area contributed by atoms with Crippen LogP contribution in [0.3, 0.4) is 0 Å². The molecular formula is C10H8F3NO2. The highest BCUT2D eigenvalue weighted by Gasteiger charge is 2.30. The van der Waals surface area contributed by atoms with Crippen LogP contribution in [0, 0.1) is 0 Å². The van der Waals surface area contributed by atoms with Crippen molar-refractivity contribution < 1.29 is 22.8 Å². The minimum Gasteiger partial charge on any atom is -0.379 e. The van der Waals surface area contributed by atoms with E-state index in [2.05, 4.69) is 11.4 Å². The average molecular weight is 231 g/mol. The van der Waals surface area contributed by atoms with Gasteiger partial charge in [-0.1, -0.05) is 12.6 Å². The molecule has 0 heterocycles. The second kappa shape index (κ2) is 4.69. The SMILES string of the molecule is C=CC(=O)NOc1cccc(C(F)(F)F)c1. The first-order chi connectivity index (χ1) is 7.43. The van der Waals surface area contributed by atoms with Crippen LogP contribution in [0.2, 0.25) is 0 Å². The Kier molecular flexibility index (Phi) is 3.55. The van der Waals surface area contributed by atoms with Crippen molar-refractivity contribution in [3.63, 3.8) is 0 Å². The van der Waals surface area contributed by atoms with E-state index in [-0.39, 0.29) is 5.75 Å². The van der Waals surface area contributed by atoms with Gasteiger partial charge in [0.25, 0.3) is 5.91 Å². The molecule has 3 nitrogen and oxygen atoms in total. The average Bonchev–Trinajstić information content (AvgIpc) is 2.25. The summed E-state index contributed by atoms with van der Waals surface area (Å²) >= 11 is 0. The van der Waals surface area contributed by atoms with Crippen LogP contribution in [0.25, 0.3) is 0 Å². The molecule has 0 radical (unpaired) electrons. The molecule has 0 unspecified atom stereocenters. The predicted octanol–water partition coefficient (Wildman–Crippen LogP) is 2.30. The number of alkyl halides is 3. The number of halogens is 3. The molecule has 1 amide bonds. The zero-order valence-electron chi connectivity index (χ0n) is 8.04. The second-order valence-electron chi connectivity index (χ2n) is 2.80. The molecule has 0 atom stereocenters. The zero-order chi connectivity index (χ0) is 12.2. The smallest absolute Gasteiger partial charge is 0.379 e. The van der Waals surface area contributed by atoms with Crippen LogP contribution >= 0.6 is 0 Å². The maximum Gasteiger partial charge on any atom is 0.416 e. The number of amides is 1. The van der Waals surface area contributed by atoms with Crippen molar-refractivity contribution in [2.45, 2.75) is 6.18 Å². The van der Waals surface area contributed by atoms with E-state index in [1.165, 1.54) is 12.1 Å². The largest absolute Gasteiger partial charge is 0.416 e. The molecule has 0 aromatic heterocycles. The van der Waals surface area contributed by atoms with Gasteiger partial charge in [-0.3, -0.25) is 4.79 Å². The van der Waals surface area contributed by atoms with E-state index in [1.54, 1.807) is 0 Å². The molecule has 1 aromatic rings. The molecule has 1 N–H and O–H groups in total. The number of hydrogen-bond donors (Lipinski definition) is 1. The van der Waals surface area contributed by atoms with Crippen LogP contribution in [0.4, 0.5) is 13.2 Å². The second-order valence-corrected chi connectivity index (χ2v) is 2.80. The Bertz CT molecular complexity index is 401. The Morgan fingerprint density at radius 3 is 2.69 bits per heavy atom. The first-order valence-electron chi connectivity index (χ1n) is 4.20. The number of rotatable bonds is 3. The van der Waals surface area contributed by atoms with Crippen LogP contribution < -0.4 is 10.3 Å². The van der Waals surface area contributed by atoms with E-state index in [0.717, 1.165) is 18.2 Å². The monoisotopic (exact) mass is 231 g/mol. The van der Waals surface area contributed by atoms with Gasteiger partial charge in [-0.15, -0.1) is 0 Å². The normalized spacial score (nSPS) is 10.7. The molecule has 0 saturated heterocycles. The number of carbonyl (C=O) groups excluding carboxylic acids is 1. The molecule has 0 saturated carbocycles. The lowest BCUT2D eigenvalue weighted by molar-refractivity contribution is -0.137. The van der Waals surface area contributed by atoms with Crippen molar-refractivity contribution >= 4 is 5.91 Å². The third kappa shape index (κ3) is 3.30. The van der Waals surface area contributed by atoms with E-state index in [0.29, 0.717) is 0 Å². The lowest BCUT2D eigenvalue weighted by Crippen LogP contribution is -2.24. The molecular weight excluding hydrogens is 223 g/mol. The molecule has 6 heteroatoms. The summed E-state index contributed by atoms with van der Waals surface area (Å²) in [5, 5.41) is 0. The summed E-state index contributed by atoms with van der Waals surface area (Å²) in [4.78, 5) is 15.3. The number of nitrogens with one attached hydrogen (secondary N) is 1. The zero-order valence-corrected chi connectivity index (χ0v) is 8.04. The summed E-state index contributed by atoms with van der Waals surface area (Å²) in [6, 6.07) is 4.16. The summed E-state index contributed by atoms with van der Waals surface area (Å²) in [6.07, 6.45) is -3.50. The summed E-state index contributed by atoms with van der Waals surface area (Å²) in [5.41, 5.74) is 1.05. The Morgan fingerprint density at radius 2 is 2.12 bits per heavy atom. The van der Waals surface area contributed by atoms with Crippen LogP contribution in [-0.2, 0) is 11.0 Å². The van der Waals surface area contributed by atoms with E-state index < -0.39 is 17.6 Å². The Labute approximate surface area is 89.5 Å². The maximum atomic E-state index is 12.3. The molecule has 0 aliphatic rings. The molecule has 0 spiro atoms. The third-order valence-electron chi connectivity index (χ3n) is 1.62. The molecule has 86 valence electrons. The molecule has 16 heavy (non-hydrogen) atoms. The standard InChI is InChI=1S/C10H8F3NO2/c1-2-9(15)14-16-8-5-3-4-7(6-8)10(11,12)13/h2-6H,1H2,(H,14,15). The van der Waals surface area contributed by atoms with Crippen molar-refractivity contribution in [2.75, 3.05) is 0 Å². The maximum absolute atomic E-state index is 12.3. The summed E-state index contributed by atoms with van der Waals surface area (Å²) in [6.45, 7) is 3.16. The minimum atomic E-state index is -4.44. The molecule has 0 aliphatic carbocycles. The Balaban J connectivity index is 2.75. The van der Waals surface area contributed by atoms with Crippen molar-refractivity contribution in [1.29, 1.82) is 0 Å². The van der Waals surface area contributed by atoms with Crippen LogP contribution in [-0.4, -0.2) is 5.91 Å². The highest BCUT2D eigenvalue weighted by molar-refractivity contribution is 5.86.